The molecule has 1 aliphatic heterocycles. The lowest BCUT2D eigenvalue weighted by molar-refractivity contribution is -0.155. The number of amides is 2. The van der Waals surface area contributed by atoms with Crippen molar-refractivity contribution in [2.45, 2.75) is 25.5 Å². The van der Waals surface area contributed by atoms with E-state index in [1.165, 1.54) is 11.0 Å². The van der Waals surface area contributed by atoms with Gasteiger partial charge in [-0.3, -0.25) is 14.3 Å². The van der Waals surface area contributed by atoms with E-state index in [0.29, 0.717) is 16.3 Å². The zero-order chi connectivity index (χ0) is 18.4. The number of carbonyl (C=O) groups excluding carboxylic acids is 2. The third-order valence-corrected chi connectivity index (χ3v) is 4.80. The van der Waals surface area contributed by atoms with Crippen LogP contribution in [0.5, 0.6) is 0 Å². The van der Waals surface area contributed by atoms with Crippen molar-refractivity contribution < 1.29 is 14.7 Å². The number of hydrogen-bond donors (Lipinski definition) is 2. The number of benzene rings is 1. The van der Waals surface area contributed by atoms with Crippen molar-refractivity contribution in [2.75, 3.05) is 12.4 Å². The van der Waals surface area contributed by atoms with Crippen LogP contribution in [0.2, 0.25) is 5.02 Å². The lowest BCUT2D eigenvalue weighted by Gasteiger charge is -2.35. The number of fused-ring (bicyclic) bond motifs is 1. The molecule has 2 amide bonds. The van der Waals surface area contributed by atoms with Gasteiger partial charge in [0.15, 0.2) is 5.60 Å². The van der Waals surface area contributed by atoms with Crippen LogP contribution in [0.3, 0.4) is 0 Å². The molecule has 0 aliphatic carbocycles. The van der Waals surface area contributed by atoms with Crippen molar-refractivity contribution in [2.24, 2.45) is 7.05 Å². The van der Waals surface area contributed by atoms with Gasteiger partial charge in [-0.1, -0.05) is 11.6 Å². The van der Waals surface area contributed by atoms with Crippen molar-refractivity contribution in [1.29, 1.82) is 0 Å². The molecule has 0 radical (unpaired) electrons. The fourth-order valence-electron chi connectivity index (χ4n) is 3.02. The highest BCUT2D eigenvalue weighted by Crippen LogP contribution is 2.38. The summed E-state index contributed by atoms with van der Waals surface area (Å²) < 4.78 is 1.71. The molecule has 8 heteroatoms. The third-order valence-electron chi connectivity index (χ3n) is 4.56. The van der Waals surface area contributed by atoms with Gasteiger partial charge < -0.3 is 15.3 Å². The van der Waals surface area contributed by atoms with Gasteiger partial charge >= 0.3 is 0 Å². The second-order valence-electron chi connectivity index (χ2n) is 6.32. The molecular weight excluding hydrogens is 344 g/mol. The van der Waals surface area contributed by atoms with Crippen LogP contribution in [0, 0.1) is 6.92 Å². The minimum Gasteiger partial charge on any atom is -0.375 e. The van der Waals surface area contributed by atoms with Gasteiger partial charge in [-0.2, -0.15) is 5.10 Å². The van der Waals surface area contributed by atoms with Crippen molar-refractivity contribution in [1.82, 2.24) is 14.7 Å². The quantitative estimate of drug-likeness (QED) is 0.867. The number of halogens is 1. The van der Waals surface area contributed by atoms with E-state index in [2.05, 4.69) is 10.4 Å². The molecule has 1 unspecified atom stereocenters. The molecule has 2 aromatic rings. The second-order valence-corrected chi connectivity index (χ2v) is 6.75. The number of aromatic nitrogens is 2. The summed E-state index contributed by atoms with van der Waals surface area (Å²) in [4.78, 5) is 26.4. The van der Waals surface area contributed by atoms with Crippen LogP contribution in [0.4, 0.5) is 5.69 Å². The lowest BCUT2D eigenvalue weighted by atomic mass is 9.84. The van der Waals surface area contributed by atoms with Crippen molar-refractivity contribution >= 4 is 29.1 Å². The smallest absolute Gasteiger partial charge is 0.259 e. The number of rotatable bonds is 3. The van der Waals surface area contributed by atoms with E-state index in [1.807, 2.05) is 14.0 Å². The van der Waals surface area contributed by atoms with Crippen LogP contribution in [-0.2, 0) is 28.8 Å². The maximum atomic E-state index is 13.0. The highest BCUT2D eigenvalue weighted by atomic mass is 35.5. The number of anilines is 1. The monoisotopic (exact) mass is 362 g/mol. The highest BCUT2D eigenvalue weighted by molar-refractivity contribution is 6.30. The summed E-state index contributed by atoms with van der Waals surface area (Å²) >= 11 is 6.02. The molecule has 3 rings (SSSR count). The first-order valence-corrected chi connectivity index (χ1v) is 8.15. The summed E-state index contributed by atoms with van der Waals surface area (Å²) in [6.07, 6.45) is 1.33. The van der Waals surface area contributed by atoms with Crippen LogP contribution >= 0.6 is 11.6 Å². The summed E-state index contributed by atoms with van der Waals surface area (Å²) in [6, 6.07) is 4.69. The molecule has 2 N–H and O–H groups in total. The molecule has 0 saturated carbocycles. The Bertz CT molecular complexity index is 864. The minimum absolute atomic E-state index is 0.276. The Labute approximate surface area is 150 Å². The molecule has 7 nitrogen and oxygen atoms in total. The SMILES string of the molecule is Cc1c(CN(C)C(=O)C2(O)CC(=O)Nc3ccc(Cl)cc32)cnn1C. The van der Waals surface area contributed by atoms with E-state index in [0.717, 1.165) is 11.3 Å². The lowest BCUT2D eigenvalue weighted by Crippen LogP contribution is -2.49. The van der Waals surface area contributed by atoms with Crippen molar-refractivity contribution in [3.63, 3.8) is 0 Å². The van der Waals surface area contributed by atoms with Crippen LogP contribution in [0.15, 0.2) is 24.4 Å². The zero-order valence-electron chi connectivity index (χ0n) is 14.2. The molecular formula is C17H19ClN4O3. The maximum Gasteiger partial charge on any atom is 0.259 e. The largest absolute Gasteiger partial charge is 0.375 e. The van der Waals surface area contributed by atoms with Crippen molar-refractivity contribution in [3.8, 4) is 0 Å². The van der Waals surface area contributed by atoms with Crippen LogP contribution < -0.4 is 5.32 Å². The topological polar surface area (TPSA) is 87.5 Å². The van der Waals surface area contributed by atoms with Crippen LogP contribution in [-0.4, -0.2) is 38.6 Å². The molecule has 1 aliphatic rings. The van der Waals surface area contributed by atoms with Gasteiger partial charge in [0.05, 0.1) is 12.6 Å². The predicted octanol–water partition coefficient (Wildman–Crippen LogP) is 1.57. The zero-order valence-corrected chi connectivity index (χ0v) is 15.0. The average molecular weight is 363 g/mol. The molecule has 1 aromatic carbocycles. The summed E-state index contributed by atoms with van der Waals surface area (Å²) in [5, 5.41) is 18.3. The van der Waals surface area contributed by atoms with E-state index >= 15 is 0 Å². The molecule has 25 heavy (non-hydrogen) atoms. The van der Waals surface area contributed by atoms with Gasteiger partial charge in [0.2, 0.25) is 5.91 Å². The Morgan fingerprint density at radius 1 is 1.52 bits per heavy atom. The molecule has 2 heterocycles. The Morgan fingerprint density at radius 3 is 2.88 bits per heavy atom. The van der Waals surface area contributed by atoms with E-state index in [9.17, 15) is 14.7 Å². The van der Waals surface area contributed by atoms with Gasteiger partial charge in [0.1, 0.15) is 0 Å². The third kappa shape index (κ3) is 3.01. The normalized spacial score (nSPS) is 19.3. The standard InChI is InChI=1S/C17H19ClN4O3/c1-10-11(8-19-22(10)3)9-21(2)16(24)17(25)7-15(23)20-14-5-4-12(18)6-13(14)17/h4-6,8,25H,7,9H2,1-3H3,(H,20,23). The maximum absolute atomic E-state index is 13.0. The van der Waals surface area contributed by atoms with E-state index < -0.39 is 17.4 Å². The van der Waals surface area contributed by atoms with Gasteiger partial charge in [0.25, 0.3) is 5.91 Å². The number of aryl methyl sites for hydroxylation is 1. The van der Waals surface area contributed by atoms with E-state index in [1.54, 1.807) is 30.1 Å². The minimum atomic E-state index is -1.95. The van der Waals surface area contributed by atoms with Crippen LogP contribution in [0.1, 0.15) is 23.2 Å². The molecule has 0 saturated heterocycles. The Kier molecular flexibility index (Phi) is 4.30. The molecule has 0 fully saturated rings. The number of carbonyl (C=O) groups is 2. The summed E-state index contributed by atoms with van der Waals surface area (Å²) in [5.74, 6) is -0.981. The summed E-state index contributed by atoms with van der Waals surface area (Å²) in [6.45, 7) is 2.18. The fraction of sp³-hybridized carbons (Fsp3) is 0.353. The average Bonchev–Trinajstić information content (AvgIpc) is 2.87. The second kappa shape index (κ2) is 6.16. The molecule has 1 aromatic heterocycles. The number of aliphatic hydroxyl groups is 1. The van der Waals surface area contributed by atoms with Gasteiger partial charge in [-0.05, 0) is 25.1 Å². The summed E-state index contributed by atoms with van der Waals surface area (Å²) in [5.41, 5.74) is 0.541. The first kappa shape index (κ1) is 17.4. The highest BCUT2D eigenvalue weighted by Gasteiger charge is 2.46. The van der Waals surface area contributed by atoms with Gasteiger partial charge in [-0.25, -0.2) is 0 Å². The molecule has 132 valence electrons. The number of nitrogens with one attached hydrogen (secondary N) is 1. The fourth-order valence-corrected chi connectivity index (χ4v) is 3.19. The Morgan fingerprint density at radius 2 is 2.24 bits per heavy atom. The van der Waals surface area contributed by atoms with Gasteiger partial charge in [0, 0.05) is 48.2 Å². The number of nitrogens with zero attached hydrogens (tertiary/aromatic N) is 3. The Balaban J connectivity index is 1.94. The van der Waals surface area contributed by atoms with Crippen LogP contribution in [0.25, 0.3) is 0 Å². The van der Waals surface area contributed by atoms with E-state index in [-0.39, 0.29) is 13.0 Å². The summed E-state index contributed by atoms with van der Waals surface area (Å²) in [7, 11) is 3.40. The molecule has 0 spiro atoms. The predicted molar refractivity (Wildman–Crippen MR) is 93.0 cm³/mol. The van der Waals surface area contributed by atoms with Gasteiger partial charge in [-0.15, -0.1) is 0 Å². The number of likely N-dealkylation sites (N-methyl/N-ethyl adjacent to an activating group) is 1. The van der Waals surface area contributed by atoms with Crippen molar-refractivity contribution in [3.05, 3.63) is 46.2 Å². The Hall–Kier alpha value is -2.38. The van der Waals surface area contributed by atoms with E-state index in [4.69, 9.17) is 11.6 Å². The first-order valence-electron chi connectivity index (χ1n) is 7.77. The first-order chi connectivity index (χ1) is 11.7. The molecule has 1 atom stereocenters. The number of hydrogen-bond acceptors (Lipinski definition) is 4. The molecule has 0 bridgehead atoms.